The molecule has 110 valence electrons. The van der Waals surface area contributed by atoms with Crippen LogP contribution in [-0.4, -0.2) is 10.9 Å². The van der Waals surface area contributed by atoms with Crippen molar-refractivity contribution in [1.29, 1.82) is 0 Å². The number of nitrogens with two attached hydrogens (primary N) is 1. The van der Waals surface area contributed by atoms with Crippen LogP contribution in [0.15, 0.2) is 48.7 Å². The second-order valence-electron chi connectivity index (χ2n) is 5.10. The van der Waals surface area contributed by atoms with Crippen molar-refractivity contribution in [3.63, 3.8) is 0 Å². The first-order valence-corrected chi connectivity index (χ1v) is 7.14. The number of carbonyl (C=O) groups is 1. The van der Waals surface area contributed by atoms with Crippen LogP contribution < -0.4 is 11.1 Å². The minimum atomic E-state index is -0.103. The maximum Gasteiger partial charge on any atom is 0.220 e. The summed E-state index contributed by atoms with van der Waals surface area (Å²) in [5, 5.41) is 2.89. The molecule has 1 aromatic carbocycles. The molecule has 1 aromatic heterocycles. The van der Waals surface area contributed by atoms with Crippen LogP contribution in [0.5, 0.6) is 0 Å². The van der Waals surface area contributed by atoms with Crippen LogP contribution in [0.4, 0.5) is 0 Å². The zero-order chi connectivity index (χ0) is 15.1. The van der Waals surface area contributed by atoms with E-state index < -0.39 is 0 Å². The van der Waals surface area contributed by atoms with Crippen LogP contribution in [0.1, 0.15) is 35.7 Å². The Morgan fingerprint density at radius 1 is 1.24 bits per heavy atom. The second-order valence-corrected chi connectivity index (χ2v) is 5.10. The van der Waals surface area contributed by atoms with Gasteiger partial charge in [-0.05, 0) is 30.5 Å². The van der Waals surface area contributed by atoms with E-state index in [2.05, 4.69) is 10.3 Å². The summed E-state index contributed by atoms with van der Waals surface area (Å²) < 4.78 is 0. The van der Waals surface area contributed by atoms with Crippen molar-refractivity contribution in [2.75, 3.05) is 0 Å². The molecule has 1 atom stereocenters. The molecule has 1 heterocycles. The van der Waals surface area contributed by atoms with E-state index >= 15 is 0 Å². The van der Waals surface area contributed by atoms with E-state index in [4.69, 9.17) is 5.73 Å². The summed E-state index contributed by atoms with van der Waals surface area (Å²) in [4.78, 5) is 16.1. The van der Waals surface area contributed by atoms with Gasteiger partial charge in [0.1, 0.15) is 0 Å². The highest BCUT2D eigenvalue weighted by atomic mass is 16.1. The lowest BCUT2D eigenvalue weighted by molar-refractivity contribution is -0.121. The Hall–Kier alpha value is -2.20. The minimum absolute atomic E-state index is 0.00596. The van der Waals surface area contributed by atoms with Crippen LogP contribution in [0.2, 0.25) is 0 Å². The van der Waals surface area contributed by atoms with Gasteiger partial charge in [0.25, 0.3) is 0 Å². The lowest BCUT2D eigenvalue weighted by Crippen LogP contribution is -2.25. The molecule has 4 nitrogen and oxygen atoms in total. The topological polar surface area (TPSA) is 68.0 Å². The number of amides is 1. The Bertz CT molecular complexity index is 584. The van der Waals surface area contributed by atoms with Gasteiger partial charge in [0.15, 0.2) is 0 Å². The van der Waals surface area contributed by atoms with Crippen molar-refractivity contribution in [2.24, 2.45) is 5.73 Å². The molecule has 1 amide bonds. The molecule has 21 heavy (non-hydrogen) atoms. The highest BCUT2D eigenvalue weighted by Gasteiger charge is 2.09. The second kappa shape index (κ2) is 7.55. The fraction of sp³-hybridized carbons (Fsp3) is 0.294. The first-order valence-electron chi connectivity index (χ1n) is 7.14. The van der Waals surface area contributed by atoms with Crippen LogP contribution in [0.25, 0.3) is 0 Å². The van der Waals surface area contributed by atoms with Gasteiger partial charge in [-0.3, -0.25) is 9.78 Å². The highest BCUT2D eigenvalue weighted by Crippen LogP contribution is 2.14. The Morgan fingerprint density at radius 2 is 2.00 bits per heavy atom. The molecule has 0 aliphatic carbocycles. The highest BCUT2D eigenvalue weighted by molar-refractivity contribution is 5.75. The summed E-state index contributed by atoms with van der Waals surface area (Å²) in [6.45, 7) is 2.45. The number of hydrogen-bond acceptors (Lipinski definition) is 3. The maximum atomic E-state index is 11.9. The molecule has 2 rings (SSSR count). The third kappa shape index (κ3) is 4.68. The summed E-state index contributed by atoms with van der Waals surface area (Å²) in [5.74, 6) is 0.00596. The van der Waals surface area contributed by atoms with Crippen LogP contribution >= 0.6 is 0 Å². The van der Waals surface area contributed by atoms with Crippen molar-refractivity contribution < 1.29 is 4.79 Å². The standard InChI is InChI=1S/C17H21N3O/c1-13-6-5-11-19-16(13)12-20-17(21)10-9-15(18)14-7-3-2-4-8-14/h2-8,11,15H,9-10,12,18H2,1H3,(H,20,21). The molecule has 1 unspecified atom stereocenters. The Balaban J connectivity index is 1.76. The lowest BCUT2D eigenvalue weighted by Gasteiger charge is -2.12. The Morgan fingerprint density at radius 3 is 2.71 bits per heavy atom. The first-order chi connectivity index (χ1) is 10.2. The number of pyridine rings is 1. The van der Waals surface area contributed by atoms with Gasteiger partial charge >= 0.3 is 0 Å². The molecule has 0 fully saturated rings. The van der Waals surface area contributed by atoms with Crippen LogP contribution in [0, 0.1) is 6.92 Å². The van der Waals surface area contributed by atoms with Crippen molar-refractivity contribution >= 4 is 5.91 Å². The smallest absolute Gasteiger partial charge is 0.220 e. The van der Waals surface area contributed by atoms with Gasteiger partial charge in [-0.15, -0.1) is 0 Å². The van der Waals surface area contributed by atoms with Gasteiger partial charge in [0.2, 0.25) is 5.91 Å². The zero-order valence-electron chi connectivity index (χ0n) is 12.3. The fourth-order valence-electron chi connectivity index (χ4n) is 2.13. The summed E-state index contributed by atoms with van der Waals surface area (Å²) in [5.41, 5.74) is 9.13. The third-order valence-corrected chi connectivity index (χ3v) is 3.48. The number of nitrogens with zero attached hydrogens (tertiary/aromatic N) is 1. The molecular weight excluding hydrogens is 262 g/mol. The van der Waals surface area contributed by atoms with E-state index in [0.29, 0.717) is 19.4 Å². The number of nitrogens with one attached hydrogen (secondary N) is 1. The average molecular weight is 283 g/mol. The lowest BCUT2D eigenvalue weighted by atomic mass is 10.0. The zero-order valence-corrected chi connectivity index (χ0v) is 12.3. The van der Waals surface area contributed by atoms with Crippen LogP contribution in [0.3, 0.4) is 0 Å². The number of hydrogen-bond donors (Lipinski definition) is 2. The van der Waals surface area contributed by atoms with Crippen molar-refractivity contribution in [3.05, 3.63) is 65.5 Å². The number of rotatable bonds is 6. The van der Waals surface area contributed by atoms with E-state index in [1.807, 2.05) is 49.4 Å². The molecule has 0 spiro atoms. The van der Waals surface area contributed by atoms with Gasteiger partial charge in [-0.25, -0.2) is 0 Å². The molecular formula is C17H21N3O. The number of benzene rings is 1. The maximum absolute atomic E-state index is 11.9. The van der Waals surface area contributed by atoms with Gasteiger partial charge in [0.05, 0.1) is 12.2 Å². The quantitative estimate of drug-likeness (QED) is 0.856. The SMILES string of the molecule is Cc1cccnc1CNC(=O)CCC(N)c1ccccc1. The number of carbonyl (C=O) groups excluding carboxylic acids is 1. The molecule has 3 N–H and O–H groups in total. The molecule has 0 radical (unpaired) electrons. The summed E-state index contributed by atoms with van der Waals surface area (Å²) in [7, 11) is 0. The predicted molar refractivity (Wildman–Crippen MR) is 83.4 cm³/mol. The van der Waals surface area contributed by atoms with E-state index in [9.17, 15) is 4.79 Å². The molecule has 0 saturated heterocycles. The van der Waals surface area contributed by atoms with Gasteiger partial charge in [0, 0.05) is 18.7 Å². The fourth-order valence-corrected chi connectivity index (χ4v) is 2.13. The van der Waals surface area contributed by atoms with Crippen molar-refractivity contribution in [1.82, 2.24) is 10.3 Å². The van der Waals surface area contributed by atoms with Crippen LogP contribution in [-0.2, 0) is 11.3 Å². The largest absolute Gasteiger partial charge is 0.350 e. The van der Waals surface area contributed by atoms with E-state index in [1.54, 1.807) is 6.20 Å². The molecule has 2 aromatic rings. The van der Waals surface area contributed by atoms with Crippen molar-refractivity contribution in [2.45, 2.75) is 32.4 Å². The van der Waals surface area contributed by atoms with E-state index in [1.165, 1.54) is 0 Å². The normalized spacial score (nSPS) is 11.9. The minimum Gasteiger partial charge on any atom is -0.350 e. The van der Waals surface area contributed by atoms with E-state index in [-0.39, 0.29) is 11.9 Å². The van der Waals surface area contributed by atoms with E-state index in [0.717, 1.165) is 16.8 Å². The monoisotopic (exact) mass is 283 g/mol. The van der Waals surface area contributed by atoms with Gasteiger partial charge in [-0.2, -0.15) is 0 Å². The van der Waals surface area contributed by atoms with Gasteiger partial charge < -0.3 is 11.1 Å². The summed E-state index contributed by atoms with van der Waals surface area (Å²) >= 11 is 0. The van der Waals surface area contributed by atoms with Crippen molar-refractivity contribution in [3.8, 4) is 0 Å². The molecule has 4 heteroatoms. The molecule has 0 saturated carbocycles. The first kappa shape index (κ1) is 15.2. The Labute approximate surface area is 125 Å². The molecule has 0 bridgehead atoms. The van der Waals surface area contributed by atoms with Gasteiger partial charge in [-0.1, -0.05) is 36.4 Å². The number of aryl methyl sites for hydroxylation is 1. The molecule has 0 aliphatic heterocycles. The third-order valence-electron chi connectivity index (χ3n) is 3.48. The molecule has 0 aliphatic rings. The summed E-state index contributed by atoms with van der Waals surface area (Å²) in [6.07, 6.45) is 2.79. The summed E-state index contributed by atoms with van der Waals surface area (Å²) in [6, 6.07) is 13.6. The Kier molecular flexibility index (Phi) is 5.46. The average Bonchev–Trinajstić information content (AvgIpc) is 2.52. The number of aromatic nitrogens is 1. The predicted octanol–water partition coefficient (Wildman–Crippen LogP) is 2.49.